The molecule has 1 saturated carbocycles. The van der Waals surface area contributed by atoms with Crippen molar-refractivity contribution < 1.29 is 0 Å². The predicted octanol–water partition coefficient (Wildman–Crippen LogP) is 1.28. The van der Waals surface area contributed by atoms with Gasteiger partial charge in [-0.3, -0.25) is 0 Å². The van der Waals surface area contributed by atoms with Gasteiger partial charge in [0.1, 0.15) is 5.82 Å². The Kier molecular flexibility index (Phi) is 2.36. The third-order valence-electron chi connectivity index (χ3n) is 2.52. The predicted molar refractivity (Wildman–Crippen MR) is 60.4 cm³/mol. The summed E-state index contributed by atoms with van der Waals surface area (Å²) >= 11 is 4.30. The monoisotopic (exact) mass is 233 g/mol. The Morgan fingerprint density at radius 3 is 2.94 bits per heavy atom. The largest absolute Gasteiger partial charge is 0.247 e. The zero-order valence-corrected chi connectivity index (χ0v) is 9.51. The molecule has 2 aromatic rings. The highest BCUT2D eigenvalue weighted by molar-refractivity contribution is 7.80. The summed E-state index contributed by atoms with van der Waals surface area (Å²) in [6.45, 7) is 0.621. The maximum absolute atomic E-state index is 4.52. The van der Waals surface area contributed by atoms with E-state index in [4.69, 9.17) is 0 Å². The van der Waals surface area contributed by atoms with Crippen LogP contribution in [0, 0.1) is 0 Å². The van der Waals surface area contributed by atoms with E-state index in [9.17, 15) is 0 Å². The third kappa shape index (κ3) is 2.06. The molecule has 1 aliphatic rings. The second kappa shape index (κ2) is 3.86. The normalized spacial score (nSPS) is 15.3. The first kappa shape index (κ1) is 9.77. The van der Waals surface area contributed by atoms with E-state index in [0.717, 1.165) is 16.5 Å². The van der Waals surface area contributed by atoms with E-state index in [-0.39, 0.29) is 0 Å². The Morgan fingerprint density at radius 2 is 2.25 bits per heavy atom. The average Bonchev–Trinajstić information content (AvgIpc) is 2.98. The first-order valence-electron chi connectivity index (χ1n) is 5.22. The molecule has 0 aliphatic heterocycles. The number of thiol groups is 1. The van der Waals surface area contributed by atoms with E-state index in [0.29, 0.717) is 12.5 Å². The van der Waals surface area contributed by atoms with Crippen LogP contribution in [0.25, 0.3) is 0 Å². The maximum atomic E-state index is 4.52. The van der Waals surface area contributed by atoms with Gasteiger partial charge in [0.15, 0.2) is 0 Å². The zero-order chi connectivity index (χ0) is 11.0. The van der Waals surface area contributed by atoms with E-state index in [1.54, 1.807) is 10.9 Å². The smallest absolute Gasteiger partial charge is 0.133 e. The molecular formula is C10H11N5S. The molecular weight excluding hydrogens is 222 g/mol. The molecule has 2 heterocycles. The third-order valence-corrected chi connectivity index (χ3v) is 2.75. The molecule has 3 rings (SSSR count). The van der Waals surface area contributed by atoms with Crippen LogP contribution in [-0.2, 0) is 6.54 Å². The second-order valence-electron chi connectivity index (χ2n) is 3.95. The molecule has 0 bridgehead atoms. The number of rotatable bonds is 3. The summed E-state index contributed by atoms with van der Waals surface area (Å²) in [4.78, 5) is 8.85. The summed E-state index contributed by atoms with van der Waals surface area (Å²) in [7, 11) is 0. The fourth-order valence-electron chi connectivity index (χ4n) is 1.59. The van der Waals surface area contributed by atoms with Gasteiger partial charge >= 0.3 is 0 Å². The molecule has 1 fully saturated rings. The van der Waals surface area contributed by atoms with Crippen molar-refractivity contribution in [3.63, 3.8) is 0 Å². The molecule has 0 saturated heterocycles. The van der Waals surface area contributed by atoms with Crippen LogP contribution in [0.2, 0.25) is 0 Å². The van der Waals surface area contributed by atoms with E-state index in [1.165, 1.54) is 12.8 Å². The van der Waals surface area contributed by atoms with Crippen molar-refractivity contribution in [2.75, 3.05) is 0 Å². The van der Waals surface area contributed by atoms with Crippen LogP contribution in [0.5, 0.6) is 0 Å². The lowest BCUT2D eigenvalue weighted by Gasteiger charge is -2.04. The maximum Gasteiger partial charge on any atom is 0.133 e. The minimum absolute atomic E-state index is 0.543. The Hall–Kier alpha value is -1.43. The van der Waals surface area contributed by atoms with E-state index in [2.05, 4.69) is 32.9 Å². The van der Waals surface area contributed by atoms with E-state index in [1.807, 2.05) is 12.3 Å². The molecule has 0 unspecified atom stereocenters. The van der Waals surface area contributed by atoms with Crippen molar-refractivity contribution in [2.24, 2.45) is 0 Å². The van der Waals surface area contributed by atoms with Crippen LogP contribution >= 0.6 is 12.6 Å². The summed E-state index contributed by atoms with van der Waals surface area (Å²) in [6, 6.07) is 1.87. The minimum Gasteiger partial charge on any atom is -0.247 e. The molecule has 0 amide bonds. The van der Waals surface area contributed by atoms with Gasteiger partial charge in [-0.15, -0.1) is 17.7 Å². The van der Waals surface area contributed by atoms with Crippen molar-refractivity contribution >= 4 is 12.6 Å². The molecule has 82 valence electrons. The van der Waals surface area contributed by atoms with Crippen LogP contribution in [0.15, 0.2) is 23.5 Å². The Balaban J connectivity index is 1.88. The number of nitrogens with zero attached hydrogens (tertiary/aromatic N) is 5. The molecule has 2 aromatic heterocycles. The lowest BCUT2D eigenvalue weighted by Crippen LogP contribution is -2.05. The topological polar surface area (TPSA) is 56.5 Å². The number of aromatic nitrogens is 5. The van der Waals surface area contributed by atoms with Gasteiger partial charge in [0.2, 0.25) is 0 Å². The molecule has 0 aromatic carbocycles. The van der Waals surface area contributed by atoms with Crippen LogP contribution in [0.1, 0.15) is 30.3 Å². The molecule has 1 aliphatic carbocycles. The molecule has 0 spiro atoms. The molecule has 0 radical (unpaired) electrons. The Bertz CT molecular complexity index is 492. The van der Waals surface area contributed by atoms with E-state index >= 15 is 0 Å². The lowest BCUT2D eigenvalue weighted by atomic mass is 10.3. The minimum atomic E-state index is 0.543. The van der Waals surface area contributed by atoms with Gasteiger partial charge < -0.3 is 0 Å². The van der Waals surface area contributed by atoms with Gasteiger partial charge in [-0.1, -0.05) is 5.21 Å². The summed E-state index contributed by atoms with van der Waals surface area (Å²) in [5.41, 5.74) is 0.937. The van der Waals surface area contributed by atoms with Gasteiger partial charge in [0.05, 0.1) is 23.5 Å². The van der Waals surface area contributed by atoms with E-state index < -0.39 is 0 Å². The van der Waals surface area contributed by atoms with Crippen molar-refractivity contribution in [2.45, 2.75) is 30.3 Å². The molecule has 0 atom stereocenters. The van der Waals surface area contributed by atoms with Crippen LogP contribution in [0.4, 0.5) is 0 Å². The van der Waals surface area contributed by atoms with Crippen molar-refractivity contribution in [1.29, 1.82) is 0 Å². The van der Waals surface area contributed by atoms with Gasteiger partial charge in [0, 0.05) is 12.1 Å². The van der Waals surface area contributed by atoms with Crippen molar-refractivity contribution in [3.05, 3.63) is 30.0 Å². The van der Waals surface area contributed by atoms with Gasteiger partial charge in [-0.25, -0.2) is 14.6 Å². The summed E-state index contributed by atoms with van der Waals surface area (Å²) in [6.07, 6.45) is 5.86. The Labute approximate surface area is 98.3 Å². The fraction of sp³-hybridized carbons (Fsp3) is 0.400. The highest BCUT2D eigenvalue weighted by Crippen LogP contribution is 2.38. The summed E-state index contributed by atoms with van der Waals surface area (Å²) < 4.78 is 1.74. The molecule has 5 nitrogen and oxygen atoms in total. The van der Waals surface area contributed by atoms with Crippen molar-refractivity contribution in [1.82, 2.24) is 25.0 Å². The van der Waals surface area contributed by atoms with Gasteiger partial charge in [-0.2, -0.15) is 0 Å². The SMILES string of the molecule is Sc1cc(Cn2ccnn2)nc(C2CC2)n1. The van der Waals surface area contributed by atoms with Gasteiger partial charge in [0.25, 0.3) is 0 Å². The molecule has 16 heavy (non-hydrogen) atoms. The highest BCUT2D eigenvalue weighted by Gasteiger charge is 2.27. The average molecular weight is 233 g/mol. The second-order valence-corrected chi connectivity index (χ2v) is 4.41. The summed E-state index contributed by atoms with van der Waals surface area (Å²) in [5, 5.41) is 8.40. The van der Waals surface area contributed by atoms with Crippen LogP contribution < -0.4 is 0 Å². The summed E-state index contributed by atoms with van der Waals surface area (Å²) in [5.74, 6) is 1.46. The Morgan fingerprint density at radius 1 is 1.38 bits per heavy atom. The van der Waals surface area contributed by atoms with Crippen LogP contribution in [-0.4, -0.2) is 25.0 Å². The standard InChI is InChI=1S/C10H11N5S/c16-9-5-8(6-15-4-3-11-14-15)12-10(13-9)7-1-2-7/h3-5,7H,1-2,6H2,(H,12,13,16). The zero-order valence-electron chi connectivity index (χ0n) is 8.61. The first-order chi connectivity index (χ1) is 7.81. The van der Waals surface area contributed by atoms with Gasteiger partial charge in [-0.05, 0) is 18.9 Å². The van der Waals surface area contributed by atoms with Crippen molar-refractivity contribution in [3.8, 4) is 0 Å². The quantitative estimate of drug-likeness (QED) is 0.641. The lowest BCUT2D eigenvalue weighted by molar-refractivity contribution is 0.630. The first-order valence-corrected chi connectivity index (χ1v) is 5.67. The number of hydrogen-bond acceptors (Lipinski definition) is 5. The number of hydrogen-bond donors (Lipinski definition) is 1. The molecule has 6 heteroatoms. The highest BCUT2D eigenvalue weighted by atomic mass is 32.1. The molecule has 0 N–H and O–H groups in total. The van der Waals surface area contributed by atoms with Crippen LogP contribution in [0.3, 0.4) is 0 Å². The fourth-order valence-corrected chi connectivity index (χ4v) is 1.84.